The highest BCUT2D eigenvalue weighted by Gasteiger charge is 2.75. The Balaban J connectivity index is 1.21. The fourth-order valence-corrected chi connectivity index (χ4v) is 9.26. The summed E-state index contributed by atoms with van der Waals surface area (Å²) in [6.45, 7) is 3.48. The Morgan fingerprint density at radius 2 is 1.98 bits per heavy atom. The number of benzene rings is 2. The summed E-state index contributed by atoms with van der Waals surface area (Å²) in [5.41, 5.74) is 5.76. The van der Waals surface area contributed by atoms with Gasteiger partial charge < -0.3 is 30.2 Å². The Labute approximate surface area is 245 Å². The Kier molecular flexibility index (Phi) is 6.30. The van der Waals surface area contributed by atoms with E-state index in [0.717, 1.165) is 18.4 Å². The SMILES string of the molecule is C[C@]12C=CC(=O)C=C1CC[C@@H]1[C@@H]2[C@@H](O)C[C@@]2(C)[C@H]1C[C@H]1O[C@@H](c3cccc(Oc4ccccc4N)c3)O[C@]12C(=O)CO. The van der Waals surface area contributed by atoms with Crippen LogP contribution in [0.15, 0.2) is 72.3 Å². The molecule has 0 amide bonds. The first-order valence-electron chi connectivity index (χ1n) is 14.8. The van der Waals surface area contributed by atoms with Crippen molar-refractivity contribution in [3.63, 3.8) is 0 Å². The predicted molar refractivity (Wildman–Crippen MR) is 154 cm³/mol. The standard InChI is InChI=1S/C34H37NO7/c1-32-13-12-21(37)15-20(32)10-11-23-24-16-29-34(28(39)18-36,33(24,2)17-26(38)30(23)32)42-31(41-29)19-6-5-7-22(14-19)40-27-9-4-3-8-25(27)35/h3-9,12-15,23-24,26,29-31,36,38H,10-11,16-18,35H2,1-2H3/t23-,24-,26-,29+,30+,31+,32-,33-,34+/m0/s1. The third-order valence-corrected chi connectivity index (χ3v) is 11.1. The number of nitrogen functional groups attached to an aromatic ring is 1. The molecule has 42 heavy (non-hydrogen) atoms. The number of carbonyl (C=O) groups excluding carboxylic acids is 2. The summed E-state index contributed by atoms with van der Waals surface area (Å²) in [6.07, 6.45) is 5.67. The Morgan fingerprint density at radius 3 is 2.76 bits per heavy atom. The molecule has 2 aromatic rings. The molecule has 0 spiro atoms. The molecule has 0 bridgehead atoms. The number of hydrogen-bond donors (Lipinski definition) is 3. The van der Waals surface area contributed by atoms with E-state index in [4.69, 9.17) is 19.9 Å². The molecule has 0 unspecified atom stereocenters. The summed E-state index contributed by atoms with van der Waals surface area (Å²) in [5.74, 6) is 0.711. The van der Waals surface area contributed by atoms with E-state index in [-0.39, 0.29) is 23.5 Å². The van der Waals surface area contributed by atoms with Gasteiger partial charge in [0.15, 0.2) is 23.5 Å². The van der Waals surface area contributed by atoms with Gasteiger partial charge in [-0.05, 0) is 73.9 Å². The van der Waals surface area contributed by atoms with Crippen molar-refractivity contribution in [1.82, 2.24) is 0 Å². The van der Waals surface area contributed by atoms with Gasteiger partial charge in [0.1, 0.15) is 18.1 Å². The van der Waals surface area contributed by atoms with E-state index in [9.17, 15) is 19.8 Å². The number of hydrogen-bond acceptors (Lipinski definition) is 8. The molecule has 7 rings (SSSR count). The summed E-state index contributed by atoms with van der Waals surface area (Å²) >= 11 is 0. The normalized spacial score (nSPS) is 40.0. The third kappa shape index (κ3) is 3.75. The van der Waals surface area contributed by atoms with Crippen molar-refractivity contribution in [2.24, 2.45) is 28.6 Å². The van der Waals surface area contributed by atoms with Crippen molar-refractivity contribution in [3.05, 3.63) is 77.9 Å². The second-order valence-electron chi connectivity index (χ2n) is 13.1. The van der Waals surface area contributed by atoms with E-state index in [1.165, 1.54) is 0 Å². The van der Waals surface area contributed by atoms with Crippen LogP contribution >= 0.6 is 0 Å². The van der Waals surface area contributed by atoms with Crippen molar-refractivity contribution in [1.29, 1.82) is 0 Å². The summed E-state index contributed by atoms with van der Waals surface area (Å²) in [4.78, 5) is 25.9. The molecule has 0 radical (unpaired) electrons. The fourth-order valence-electron chi connectivity index (χ4n) is 9.26. The van der Waals surface area contributed by atoms with Gasteiger partial charge in [0.2, 0.25) is 0 Å². The highest BCUT2D eigenvalue weighted by Crippen LogP contribution is 2.70. The van der Waals surface area contributed by atoms with Crippen LogP contribution < -0.4 is 10.5 Å². The Bertz CT molecular complexity index is 1520. The molecule has 9 atom stereocenters. The molecule has 1 heterocycles. The average molecular weight is 572 g/mol. The summed E-state index contributed by atoms with van der Waals surface area (Å²) in [7, 11) is 0. The highest BCUT2D eigenvalue weighted by molar-refractivity contribution is 6.01. The summed E-state index contributed by atoms with van der Waals surface area (Å²) < 4.78 is 19.3. The van der Waals surface area contributed by atoms with Gasteiger partial charge >= 0.3 is 0 Å². The van der Waals surface area contributed by atoms with Crippen molar-refractivity contribution < 1.29 is 34.0 Å². The lowest BCUT2D eigenvalue weighted by molar-refractivity contribution is -0.201. The molecule has 8 heteroatoms. The first-order valence-corrected chi connectivity index (χ1v) is 14.8. The zero-order valence-electron chi connectivity index (χ0n) is 23.9. The number of allylic oxidation sites excluding steroid dienone is 4. The number of aliphatic hydroxyl groups is 2. The number of ketones is 2. The number of nitrogens with two attached hydrogens (primary N) is 1. The van der Waals surface area contributed by atoms with Gasteiger partial charge in [-0.2, -0.15) is 0 Å². The van der Waals surface area contributed by atoms with Crippen LogP contribution in [-0.4, -0.2) is 46.2 Å². The predicted octanol–water partition coefficient (Wildman–Crippen LogP) is 4.66. The lowest BCUT2D eigenvalue weighted by Gasteiger charge is -2.59. The van der Waals surface area contributed by atoms with Gasteiger partial charge in [0, 0.05) is 22.3 Å². The molecule has 1 saturated heterocycles. The van der Waals surface area contributed by atoms with Crippen LogP contribution in [-0.2, 0) is 19.1 Å². The first-order chi connectivity index (χ1) is 20.1. The molecule has 0 aromatic heterocycles. The summed E-state index contributed by atoms with van der Waals surface area (Å²) in [5, 5.41) is 22.0. The van der Waals surface area contributed by atoms with E-state index in [0.29, 0.717) is 35.6 Å². The van der Waals surface area contributed by atoms with E-state index >= 15 is 0 Å². The largest absolute Gasteiger partial charge is 0.455 e. The smallest absolute Gasteiger partial charge is 0.193 e. The lowest BCUT2D eigenvalue weighted by atomic mass is 9.46. The maximum Gasteiger partial charge on any atom is 0.193 e. The molecule has 1 aliphatic heterocycles. The Hall–Kier alpha value is -3.30. The second-order valence-corrected chi connectivity index (χ2v) is 13.1. The third-order valence-electron chi connectivity index (χ3n) is 11.1. The lowest BCUT2D eigenvalue weighted by Crippen LogP contribution is -2.63. The monoisotopic (exact) mass is 571 g/mol. The average Bonchev–Trinajstić information content (AvgIpc) is 3.47. The topological polar surface area (TPSA) is 128 Å². The van der Waals surface area contributed by atoms with E-state index in [2.05, 4.69) is 6.92 Å². The minimum absolute atomic E-state index is 0.00601. The van der Waals surface area contributed by atoms with Gasteiger partial charge in [0.25, 0.3) is 0 Å². The van der Waals surface area contributed by atoms with Crippen LogP contribution in [0.5, 0.6) is 11.5 Å². The van der Waals surface area contributed by atoms with Gasteiger partial charge in [-0.25, -0.2) is 0 Å². The molecule has 4 aliphatic carbocycles. The van der Waals surface area contributed by atoms with Gasteiger partial charge in [-0.1, -0.05) is 49.8 Å². The number of para-hydroxylation sites is 2. The maximum atomic E-state index is 13.8. The van der Waals surface area contributed by atoms with Crippen LogP contribution in [0.25, 0.3) is 0 Å². The van der Waals surface area contributed by atoms with Crippen molar-refractivity contribution in [2.45, 2.75) is 63.6 Å². The number of ether oxygens (including phenoxy) is 3. The van der Waals surface area contributed by atoms with E-state index in [1.54, 1.807) is 24.3 Å². The zero-order valence-corrected chi connectivity index (χ0v) is 23.9. The van der Waals surface area contributed by atoms with Crippen LogP contribution in [0, 0.1) is 28.6 Å². The van der Waals surface area contributed by atoms with Crippen molar-refractivity contribution in [3.8, 4) is 11.5 Å². The highest BCUT2D eigenvalue weighted by atomic mass is 16.7. The van der Waals surface area contributed by atoms with E-state index < -0.39 is 47.3 Å². The number of Topliss-reactive ketones (excluding diaryl/α,β-unsaturated/α-hetero) is 1. The van der Waals surface area contributed by atoms with E-state index in [1.807, 2.05) is 49.4 Å². The van der Waals surface area contributed by atoms with Gasteiger partial charge in [-0.3, -0.25) is 9.59 Å². The minimum Gasteiger partial charge on any atom is -0.455 e. The van der Waals surface area contributed by atoms with Crippen LogP contribution in [0.2, 0.25) is 0 Å². The maximum absolute atomic E-state index is 13.8. The summed E-state index contributed by atoms with van der Waals surface area (Å²) in [6, 6.07) is 14.6. The molecule has 5 aliphatic rings. The van der Waals surface area contributed by atoms with Gasteiger partial charge in [-0.15, -0.1) is 0 Å². The fraction of sp³-hybridized carbons (Fsp3) is 0.471. The second kappa shape index (κ2) is 9.61. The Morgan fingerprint density at radius 1 is 1.17 bits per heavy atom. The quantitative estimate of drug-likeness (QED) is 0.442. The number of carbonyl (C=O) groups is 2. The molecule has 220 valence electrons. The van der Waals surface area contributed by atoms with Crippen molar-refractivity contribution >= 4 is 17.3 Å². The molecule has 8 nitrogen and oxygen atoms in total. The molecular formula is C34H37NO7. The first kappa shape index (κ1) is 27.5. The number of fused-ring (bicyclic) bond motifs is 7. The number of aliphatic hydroxyl groups excluding tert-OH is 2. The molecule has 2 aromatic carbocycles. The minimum atomic E-state index is -1.40. The number of anilines is 1. The van der Waals surface area contributed by atoms with Crippen LogP contribution in [0.1, 0.15) is 51.4 Å². The van der Waals surface area contributed by atoms with Crippen LogP contribution in [0.3, 0.4) is 0 Å². The molecular weight excluding hydrogens is 534 g/mol. The van der Waals surface area contributed by atoms with Crippen LogP contribution in [0.4, 0.5) is 5.69 Å². The zero-order chi connectivity index (χ0) is 29.4. The van der Waals surface area contributed by atoms with Crippen molar-refractivity contribution in [2.75, 3.05) is 12.3 Å². The molecule has 4 N–H and O–H groups in total. The molecule has 4 fully saturated rings. The van der Waals surface area contributed by atoms with Gasteiger partial charge in [0.05, 0.1) is 17.9 Å². The molecule has 3 saturated carbocycles. The number of rotatable bonds is 5.